The van der Waals surface area contributed by atoms with E-state index in [1.54, 1.807) is 36.4 Å². The molecule has 0 spiro atoms. The monoisotopic (exact) mass is 514 g/mol. The third kappa shape index (κ3) is 4.45. The highest BCUT2D eigenvalue weighted by Crippen LogP contribution is 2.39. The van der Waals surface area contributed by atoms with Crippen molar-refractivity contribution in [1.82, 2.24) is 19.6 Å². The average molecular weight is 514 g/mol. The van der Waals surface area contributed by atoms with E-state index in [9.17, 15) is 18.0 Å². The number of fused-ring (bicyclic) bond motifs is 2. The molecule has 9 nitrogen and oxygen atoms in total. The fourth-order valence-electron chi connectivity index (χ4n) is 4.04. The van der Waals surface area contributed by atoms with Gasteiger partial charge >= 0.3 is 6.18 Å². The van der Waals surface area contributed by atoms with Gasteiger partial charge in [0.25, 0.3) is 5.56 Å². The van der Waals surface area contributed by atoms with Crippen LogP contribution < -0.4 is 10.3 Å². The second-order valence-electron chi connectivity index (χ2n) is 8.00. The van der Waals surface area contributed by atoms with E-state index in [0.29, 0.717) is 21.4 Å². The first-order valence-electron chi connectivity index (χ1n) is 11.1. The Morgan fingerprint density at radius 3 is 2.51 bits per heavy atom. The van der Waals surface area contributed by atoms with Gasteiger partial charge in [-0.05, 0) is 17.7 Å². The molecule has 5 aromatic rings. The van der Waals surface area contributed by atoms with Crippen LogP contribution in [0.15, 0.2) is 57.7 Å². The highest BCUT2D eigenvalue weighted by molar-refractivity contribution is 5.84. The standard InChI is InChI=1S/C25H21F3N4O5/c1-34-11-12-36-13-15-19(23-30-20-16(35-2)9-6-10-17(20)37-23)24(33)32-22(29-15)18(14-7-4-3-5-8-14)21(31-32)25(26,27)28/h3-10,29H,11-13H2,1-2H3. The minimum absolute atomic E-state index is 0.112. The van der Waals surface area contributed by atoms with Gasteiger partial charge in [-0.25, -0.2) is 4.98 Å². The molecule has 0 atom stereocenters. The van der Waals surface area contributed by atoms with Crippen molar-refractivity contribution in [3.8, 4) is 28.3 Å². The average Bonchev–Trinajstić information content (AvgIpc) is 3.49. The topological polar surface area (TPSA) is 104 Å². The van der Waals surface area contributed by atoms with Gasteiger partial charge in [-0.3, -0.25) is 4.79 Å². The number of halogens is 3. The number of nitrogens with zero attached hydrogens (tertiary/aromatic N) is 3. The molecule has 1 N–H and O–H groups in total. The van der Waals surface area contributed by atoms with E-state index >= 15 is 0 Å². The molecule has 0 saturated carbocycles. The second kappa shape index (κ2) is 9.71. The molecule has 12 heteroatoms. The van der Waals surface area contributed by atoms with Gasteiger partial charge in [-0.2, -0.15) is 22.8 Å². The Morgan fingerprint density at radius 2 is 1.81 bits per heavy atom. The Hall–Kier alpha value is -4.16. The molecular weight excluding hydrogens is 493 g/mol. The smallest absolute Gasteiger partial charge is 0.435 e. The fourth-order valence-corrected chi connectivity index (χ4v) is 4.04. The van der Waals surface area contributed by atoms with Gasteiger partial charge in [-0.1, -0.05) is 36.4 Å². The van der Waals surface area contributed by atoms with E-state index in [1.807, 2.05) is 0 Å². The van der Waals surface area contributed by atoms with Gasteiger partial charge in [0.15, 0.2) is 16.8 Å². The zero-order valence-electron chi connectivity index (χ0n) is 19.8. The van der Waals surface area contributed by atoms with Crippen LogP contribution in [0.4, 0.5) is 13.2 Å². The number of H-pyrrole nitrogens is 1. The lowest BCUT2D eigenvalue weighted by molar-refractivity contribution is -0.140. The number of hydrogen-bond donors (Lipinski definition) is 1. The van der Waals surface area contributed by atoms with Crippen LogP contribution in [0.2, 0.25) is 0 Å². The summed E-state index contributed by atoms with van der Waals surface area (Å²) >= 11 is 0. The Labute approximate surface area is 207 Å². The van der Waals surface area contributed by atoms with Crippen molar-refractivity contribution in [3.63, 3.8) is 0 Å². The summed E-state index contributed by atoms with van der Waals surface area (Å²) in [4.78, 5) is 21.1. The predicted octanol–water partition coefficient (Wildman–Crippen LogP) is 4.69. The van der Waals surface area contributed by atoms with Crippen LogP contribution in [0.25, 0.3) is 39.3 Å². The molecule has 0 fully saturated rings. The summed E-state index contributed by atoms with van der Waals surface area (Å²) in [5.41, 5.74) is -1.45. The predicted molar refractivity (Wildman–Crippen MR) is 127 cm³/mol. The highest BCUT2D eigenvalue weighted by atomic mass is 19.4. The molecular formula is C25H21F3N4O5. The minimum atomic E-state index is -4.82. The summed E-state index contributed by atoms with van der Waals surface area (Å²) in [5.74, 6) is 0.297. The number of alkyl halides is 3. The van der Waals surface area contributed by atoms with E-state index < -0.39 is 17.4 Å². The number of aromatic nitrogens is 4. The van der Waals surface area contributed by atoms with Gasteiger partial charge in [0, 0.05) is 7.11 Å². The molecule has 0 aliphatic carbocycles. The van der Waals surface area contributed by atoms with E-state index in [0.717, 1.165) is 0 Å². The van der Waals surface area contributed by atoms with Crippen LogP contribution in [-0.4, -0.2) is 47.0 Å². The minimum Gasteiger partial charge on any atom is -0.494 e. The Morgan fingerprint density at radius 1 is 1.03 bits per heavy atom. The first-order chi connectivity index (χ1) is 17.8. The van der Waals surface area contributed by atoms with Crippen LogP contribution in [0, 0.1) is 0 Å². The van der Waals surface area contributed by atoms with Crippen LogP contribution in [0.3, 0.4) is 0 Å². The summed E-state index contributed by atoms with van der Waals surface area (Å²) in [6.07, 6.45) is -4.82. The van der Waals surface area contributed by atoms with Crippen LogP contribution >= 0.6 is 0 Å². The number of oxazole rings is 1. The van der Waals surface area contributed by atoms with E-state index in [1.165, 1.54) is 26.4 Å². The number of benzene rings is 2. The molecule has 3 aromatic heterocycles. The molecule has 0 saturated heterocycles. The summed E-state index contributed by atoms with van der Waals surface area (Å²) < 4.78 is 64.6. The van der Waals surface area contributed by atoms with E-state index in [-0.39, 0.29) is 53.7 Å². The zero-order chi connectivity index (χ0) is 26.2. The maximum atomic E-state index is 14.1. The zero-order valence-corrected chi connectivity index (χ0v) is 19.8. The lowest BCUT2D eigenvalue weighted by Crippen LogP contribution is -2.21. The van der Waals surface area contributed by atoms with Crippen molar-refractivity contribution < 1.29 is 31.8 Å². The quantitative estimate of drug-likeness (QED) is 0.300. The van der Waals surface area contributed by atoms with Crippen LogP contribution in [0.1, 0.15) is 11.4 Å². The first kappa shape index (κ1) is 24.5. The molecule has 0 unspecified atom stereocenters. The van der Waals surface area contributed by atoms with Crippen molar-refractivity contribution in [2.75, 3.05) is 27.4 Å². The molecule has 0 aliphatic heterocycles. The van der Waals surface area contributed by atoms with Crippen molar-refractivity contribution in [3.05, 3.63) is 70.3 Å². The molecule has 0 bridgehead atoms. The number of hydrogen-bond acceptors (Lipinski definition) is 7. The molecule has 37 heavy (non-hydrogen) atoms. The molecule has 0 radical (unpaired) electrons. The molecule has 3 heterocycles. The fraction of sp³-hybridized carbons (Fsp3) is 0.240. The van der Waals surface area contributed by atoms with E-state index in [2.05, 4.69) is 15.1 Å². The maximum absolute atomic E-state index is 14.1. The van der Waals surface area contributed by atoms with Crippen molar-refractivity contribution >= 4 is 16.7 Å². The Balaban J connectivity index is 1.79. The molecule has 0 amide bonds. The lowest BCUT2D eigenvalue weighted by Gasteiger charge is -2.10. The third-order valence-electron chi connectivity index (χ3n) is 5.69. The number of methoxy groups -OCH3 is 2. The number of ether oxygens (including phenoxy) is 3. The van der Waals surface area contributed by atoms with Gasteiger partial charge in [0.2, 0.25) is 5.89 Å². The largest absolute Gasteiger partial charge is 0.494 e. The summed E-state index contributed by atoms with van der Waals surface area (Å²) in [5, 5.41) is 3.68. The highest BCUT2D eigenvalue weighted by Gasteiger charge is 2.39. The van der Waals surface area contributed by atoms with Gasteiger partial charge in [0.05, 0.1) is 38.2 Å². The van der Waals surface area contributed by atoms with Gasteiger partial charge in [-0.15, -0.1) is 0 Å². The van der Waals surface area contributed by atoms with Gasteiger partial charge in [0.1, 0.15) is 17.0 Å². The normalized spacial score (nSPS) is 12.0. The Kier molecular flexibility index (Phi) is 6.44. The summed E-state index contributed by atoms with van der Waals surface area (Å²) in [6, 6.07) is 12.9. The molecule has 192 valence electrons. The van der Waals surface area contributed by atoms with Crippen molar-refractivity contribution in [1.29, 1.82) is 0 Å². The molecule has 5 rings (SSSR count). The third-order valence-corrected chi connectivity index (χ3v) is 5.69. The van der Waals surface area contributed by atoms with Crippen LogP contribution in [-0.2, 0) is 22.3 Å². The summed E-state index contributed by atoms with van der Waals surface area (Å²) in [6.45, 7) is 0.312. The van der Waals surface area contributed by atoms with Crippen molar-refractivity contribution in [2.24, 2.45) is 0 Å². The maximum Gasteiger partial charge on any atom is 0.435 e. The van der Waals surface area contributed by atoms with E-state index in [4.69, 9.17) is 18.6 Å². The number of rotatable bonds is 8. The lowest BCUT2D eigenvalue weighted by atomic mass is 10.1. The number of para-hydroxylation sites is 1. The molecule has 0 aliphatic rings. The van der Waals surface area contributed by atoms with Crippen LogP contribution in [0.5, 0.6) is 5.75 Å². The van der Waals surface area contributed by atoms with Gasteiger partial charge < -0.3 is 23.6 Å². The Bertz CT molecular complexity index is 1620. The SMILES string of the molecule is COCCOCc1[nH]c2c(-c3ccccc3)c(C(F)(F)F)nn2c(=O)c1-c1nc2c(OC)cccc2o1. The second-order valence-corrected chi connectivity index (χ2v) is 8.00. The summed E-state index contributed by atoms with van der Waals surface area (Å²) in [7, 11) is 2.97. The number of nitrogens with one attached hydrogen (secondary N) is 1. The number of aromatic amines is 1. The van der Waals surface area contributed by atoms with Crippen molar-refractivity contribution in [2.45, 2.75) is 12.8 Å². The molecule has 2 aromatic carbocycles. The first-order valence-corrected chi connectivity index (χ1v) is 11.1.